The van der Waals surface area contributed by atoms with Gasteiger partial charge in [-0.15, -0.1) is 178 Å². The minimum absolute atomic E-state index is 0. The second-order valence-corrected chi connectivity index (χ2v) is 32.5. The number of carbonyl (C=O) groups is 5. The van der Waals surface area contributed by atoms with Gasteiger partial charge in [0.2, 0.25) is 0 Å². The fraction of sp³-hybridized carbons (Fsp3) is 0.193. The third-order valence-corrected chi connectivity index (χ3v) is 18.8. The molecule has 0 aliphatic rings. The monoisotopic (exact) mass is 2750 g/mol. The van der Waals surface area contributed by atoms with E-state index in [0.29, 0.717) is 5.92 Å². The van der Waals surface area contributed by atoms with E-state index >= 15 is 0 Å². The van der Waals surface area contributed by atoms with E-state index in [4.69, 9.17) is 35.5 Å². The average Bonchev–Trinajstić information content (AvgIpc) is 0.811. The quantitative estimate of drug-likeness (QED) is 0.0323. The normalized spacial score (nSPS) is 10.5. The van der Waals surface area contributed by atoms with Gasteiger partial charge in [0.25, 0.3) is 0 Å². The van der Waals surface area contributed by atoms with Crippen LogP contribution < -0.4 is 0 Å². The molecule has 0 bridgehead atoms. The van der Waals surface area contributed by atoms with Crippen LogP contribution >= 0.6 is 0 Å². The molecule has 0 aliphatic carbocycles. The average molecular weight is 2740 g/mol. The summed E-state index contributed by atoms with van der Waals surface area (Å²) < 4.78 is 0. The molecular formula is C119H122Ir5N5O10-5. The minimum Gasteiger partial charge on any atom is -0.512 e. The Balaban J connectivity index is 0.000000794. The zero-order chi connectivity index (χ0) is 98.2. The van der Waals surface area contributed by atoms with Crippen molar-refractivity contribution in [3.63, 3.8) is 0 Å². The number of benzene rings is 10. The third kappa shape index (κ3) is 49.3. The number of hydrogen-bond acceptors (Lipinski definition) is 15. The molecule has 0 spiro atoms. The van der Waals surface area contributed by atoms with Gasteiger partial charge in [-0.3, -0.25) is 33.9 Å². The molecule has 0 unspecified atom stereocenters. The Bertz CT molecular complexity index is 6300. The van der Waals surface area contributed by atoms with Crippen LogP contribution in [0, 0.1) is 77.8 Å². The number of hydrogen-bond donors (Lipinski definition) is 5. The molecule has 733 valence electrons. The summed E-state index contributed by atoms with van der Waals surface area (Å²) in [5, 5.41) is 44.2. The van der Waals surface area contributed by atoms with Gasteiger partial charge in [0, 0.05) is 149 Å². The van der Waals surface area contributed by atoms with Crippen LogP contribution in [0.4, 0.5) is 0 Å². The summed E-state index contributed by atoms with van der Waals surface area (Å²) in [6, 6.07) is 110. The molecule has 10 aromatic carbocycles. The van der Waals surface area contributed by atoms with Crippen molar-refractivity contribution in [1.82, 2.24) is 24.9 Å². The zero-order valence-electron chi connectivity index (χ0n) is 82.0. The number of allylic oxidation sites excluding steroid dienone is 10. The van der Waals surface area contributed by atoms with Crippen molar-refractivity contribution in [3.05, 3.63) is 426 Å². The van der Waals surface area contributed by atoms with Gasteiger partial charge in [0.1, 0.15) is 0 Å². The van der Waals surface area contributed by atoms with E-state index in [1.54, 1.807) is 0 Å². The number of aryl methyl sites for hydroxylation is 7. The molecular weight excluding hydrogens is 2620 g/mol. The van der Waals surface area contributed by atoms with E-state index in [9.17, 15) is 24.0 Å². The summed E-state index contributed by atoms with van der Waals surface area (Å²) in [6.45, 7) is 33.6. The van der Waals surface area contributed by atoms with Gasteiger partial charge in [0.05, 0.1) is 39.8 Å². The Kier molecular flexibility index (Phi) is 60.3. The van der Waals surface area contributed by atoms with E-state index in [1.807, 2.05) is 128 Å². The first-order chi connectivity index (χ1) is 63.9. The molecule has 5 heterocycles. The van der Waals surface area contributed by atoms with Crippen molar-refractivity contribution in [2.45, 2.75) is 151 Å². The van der Waals surface area contributed by atoms with Gasteiger partial charge in [-0.25, -0.2) is 0 Å². The second kappa shape index (κ2) is 67.1. The zero-order valence-corrected chi connectivity index (χ0v) is 94.0. The molecule has 0 fully saturated rings. The van der Waals surface area contributed by atoms with Crippen LogP contribution in [0.15, 0.2) is 351 Å². The van der Waals surface area contributed by atoms with E-state index in [-0.39, 0.29) is 158 Å². The van der Waals surface area contributed by atoms with Gasteiger partial charge in [-0.2, -0.15) is 0 Å². The Hall–Kier alpha value is -12.2. The van der Waals surface area contributed by atoms with Crippen LogP contribution in [0.1, 0.15) is 141 Å². The Labute approximate surface area is 889 Å². The number of aliphatic hydroxyl groups excluding tert-OH is 5. The van der Waals surface area contributed by atoms with Gasteiger partial charge in [0.15, 0.2) is 28.9 Å². The fourth-order valence-electron chi connectivity index (χ4n) is 13.4. The van der Waals surface area contributed by atoms with Crippen LogP contribution in [0.25, 0.3) is 111 Å². The number of pyridine rings is 5. The number of ketones is 5. The first-order valence-corrected chi connectivity index (χ1v) is 44.1. The molecule has 0 aliphatic heterocycles. The first kappa shape index (κ1) is 125. The molecule has 5 radical (unpaired) electrons. The molecule has 15 rings (SSSR count). The largest absolute Gasteiger partial charge is 0.512 e. The van der Waals surface area contributed by atoms with E-state index in [0.717, 1.165) is 92.1 Å². The molecule has 0 atom stereocenters. The summed E-state index contributed by atoms with van der Waals surface area (Å²) >= 11 is 0. The summed E-state index contributed by atoms with van der Waals surface area (Å²) in [6.07, 6.45) is 14.8. The van der Waals surface area contributed by atoms with Crippen LogP contribution in [-0.4, -0.2) is 79.4 Å². The van der Waals surface area contributed by atoms with Crippen LogP contribution in [0.3, 0.4) is 0 Å². The minimum atomic E-state index is -0.125. The second-order valence-electron chi connectivity index (χ2n) is 32.5. The number of aromatic nitrogens is 5. The van der Waals surface area contributed by atoms with Crippen molar-refractivity contribution in [2.75, 3.05) is 0 Å². The van der Waals surface area contributed by atoms with E-state index in [1.165, 1.54) is 183 Å². The molecule has 5 aromatic heterocycles. The Morgan fingerprint density at radius 3 is 1.03 bits per heavy atom. The molecule has 139 heavy (non-hydrogen) atoms. The van der Waals surface area contributed by atoms with Gasteiger partial charge >= 0.3 is 0 Å². The molecule has 15 aromatic rings. The predicted molar refractivity (Wildman–Crippen MR) is 550 cm³/mol. The smallest absolute Gasteiger partial charge is 0.155 e. The Morgan fingerprint density at radius 2 is 0.669 bits per heavy atom. The van der Waals surface area contributed by atoms with Crippen molar-refractivity contribution < 1.29 is 150 Å². The van der Waals surface area contributed by atoms with Gasteiger partial charge < -0.3 is 40.5 Å². The number of nitrogens with zero attached hydrogens (tertiary/aromatic N) is 5. The van der Waals surface area contributed by atoms with Gasteiger partial charge in [-0.1, -0.05) is 191 Å². The SMILES string of the molecule is CC(=O)C=C(C)O.CC(=O)C=C(C)O.CC(=O)C=C(C)O.CC(=O)C=C(C)O.CC(=O)C=C(C)O.CC(C)Cc1ccc2ccc(-c3[c-]cccc3)nc2c1.CCCc1ccc2ccc(-c3[c-]c(C)cc(C)c3)nc2c1.Cc1ccc(-c2ccnc(-c3[c-]cccc3)c2)c(C)c1.Cc1ccc(-c2ccnc(-c3[c-]cccc3)c2)cc1.Cc1cccc(-c2ccnc(-c3[c-]cccc3)c2)c1.[Ir].[Ir].[Ir].[Ir].[Ir]. The summed E-state index contributed by atoms with van der Waals surface area (Å²) in [5.74, 6) is 0.352. The van der Waals surface area contributed by atoms with E-state index < -0.39 is 0 Å². The number of aliphatic hydroxyl groups is 5. The molecule has 5 N–H and O–H groups in total. The third-order valence-electron chi connectivity index (χ3n) is 18.8. The standard InChI is InChI=1S/C20H20N.C19H16N.C19H18N.2C18H14N.5C5H8O2.5Ir/c1-4-5-16-6-7-17-8-9-19(21-20(17)13-16)18-11-14(2)10-15(3)12-18;1-14-8-9-18(15(2)12-14)17-10-11-20-19(13-17)16-6-4-3-5-7-16;1-14(2)12-15-8-9-17-10-11-18(20-19(17)13-15)16-6-4-3-5-7-16;1-14-6-5-9-16(12-14)17-10-11-19-18(13-17)15-7-3-2-4-8-15;1-14-7-9-15(10-8-14)17-11-12-19-18(13-17)16-5-3-2-4-6-16;5*1-4(6)3-5(2)7;;;;;/h6-11,13H,4-5H2,1-3H3;3-6,8-13H,1-2H3;3-6,8-11,13-14H,12H2,1-2H3;2-7,9-13H,1H3;2-5,7-13H,1H3;5*3,6H,1-2H3;;;;;/q5*-1;;;;;;;;;;. The molecule has 20 heteroatoms. The van der Waals surface area contributed by atoms with Crippen LogP contribution in [0.2, 0.25) is 0 Å². The molecule has 0 amide bonds. The van der Waals surface area contributed by atoms with E-state index in [2.05, 4.69) is 271 Å². The summed E-state index contributed by atoms with van der Waals surface area (Å²) in [7, 11) is 0. The fourth-order valence-corrected chi connectivity index (χ4v) is 13.4. The maximum atomic E-state index is 10.0. The van der Waals surface area contributed by atoms with Crippen LogP contribution in [-0.2, 0) is 137 Å². The van der Waals surface area contributed by atoms with Crippen molar-refractivity contribution in [2.24, 2.45) is 5.92 Å². The van der Waals surface area contributed by atoms with Crippen LogP contribution in [0.5, 0.6) is 0 Å². The summed E-state index contributed by atoms with van der Waals surface area (Å²) in [5.41, 5.74) is 29.7. The number of carbonyl (C=O) groups excluding carboxylic acids is 5. The predicted octanol–water partition coefficient (Wildman–Crippen LogP) is 29.2. The van der Waals surface area contributed by atoms with Crippen molar-refractivity contribution in [1.29, 1.82) is 0 Å². The number of rotatable bonds is 17. The molecule has 0 saturated heterocycles. The van der Waals surface area contributed by atoms with Gasteiger partial charge in [-0.05, 0) is 235 Å². The summed E-state index contributed by atoms with van der Waals surface area (Å²) in [4.78, 5) is 73.0. The molecule has 0 saturated carbocycles. The van der Waals surface area contributed by atoms with Crippen molar-refractivity contribution >= 4 is 50.7 Å². The topological polar surface area (TPSA) is 251 Å². The maximum Gasteiger partial charge on any atom is 0.155 e. The first-order valence-electron chi connectivity index (χ1n) is 44.1. The van der Waals surface area contributed by atoms with Crippen molar-refractivity contribution in [3.8, 4) is 89.7 Å². The number of fused-ring (bicyclic) bond motifs is 2. The Morgan fingerprint density at radius 1 is 0.317 bits per heavy atom. The maximum absolute atomic E-state index is 10.0. The molecule has 15 nitrogen and oxygen atoms in total.